The summed E-state index contributed by atoms with van der Waals surface area (Å²) in [5.41, 5.74) is 3.23. The number of likely N-dealkylation sites (tertiary alicyclic amines) is 1. The Balaban J connectivity index is 1.29. The number of hydrogen-bond acceptors (Lipinski definition) is 3. The van der Waals surface area contributed by atoms with Crippen LogP contribution in [0.25, 0.3) is 10.9 Å². The first-order valence-electron chi connectivity index (χ1n) is 9.54. The second-order valence-corrected chi connectivity index (χ2v) is 7.21. The normalized spacial score (nSPS) is 17.3. The maximum Gasteiger partial charge on any atom is 0.253 e. The average molecular weight is 362 g/mol. The predicted molar refractivity (Wildman–Crippen MR) is 104 cm³/mol. The Morgan fingerprint density at radius 1 is 1.00 bits per heavy atom. The molecule has 0 saturated carbocycles. The molecular formula is C22H22N2O3. The number of carbonyl (C=O) groups excluding carboxylic acids is 1. The molecule has 1 aromatic heterocycles. The summed E-state index contributed by atoms with van der Waals surface area (Å²) in [6, 6.07) is 13.9. The topological polar surface area (TPSA) is 54.6 Å². The van der Waals surface area contributed by atoms with Gasteiger partial charge in [0.2, 0.25) is 0 Å². The molecule has 27 heavy (non-hydrogen) atoms. The van der Waals surface area contributed by atoms with Crippen molar-refractivity contribution in [2.24, 2.45) is 0 Å². The number of ether oxygens (including phenoxy) is 2. The standard InChI is InChI=1S/C22H22N2O3/c25-22(16-5-6-20-21(13-16)27-12-11-26-20)24-9-7-15(8-10-24)18-14-23-19-4-2-1-3-17(18)19/h1-6,13-15,23H,7-12H2. The second-order valence-electron chi connectivity index (χ2n) is 7.21. The van der Waals surface area contributed by atoms with E-state index in [1.165, 1.54) is 16.5 Å². The summed E-state index contributed by atoms with van der Waals surface area (Å²) in [7, 11) is 0. The van der Waals surface area contributed by atoms with Crippen molar-refractivity contribution in [3.8, 4) is 11.5 Å². The van der Waals surface area contributed by atoms with Crippen molar-refractivity contribution in [3.63, 3.8) is 0 Å². The van der Waals surface area contributed by atoms with E-state index in [0.29, 0.717) is 30.4 Å². The molecule has 1 amide bonds. The molecule has 0 aliphatic carbocycles. The van der Waals surface area contributed by atoms with Gasteiger partial charge in [0.05, 0.1) is 0 Å². The van der Waals surface area contributed by atoms with Gasteiger partial charge in [-0.25, -0.2) is 0 Å². The van der Waals surface area contributed by atoms with Gasteiger partial charge in [0.25, 0.3) is 5.91 Å². The Hall–Kier alpha value is -2.95. The van der Waals surface area contributed by atoms with E-state index in [-0.39, 0.29) is 5.91 Å². The van der Waals surface area contributed by atoms with E-state index in [0.717, 1.165) is 31.7 Å². The molecule has 2 aromatic carbocycles. The Labute approximate surface area is 157 Å². The predicted octanol–water partition coefficient (Wildman–Crippen LogP) is 3.96. The molecule has 1 saturated heterocycles. The first-order chi connectivity index (χ1) is 13.3. The number of nitrogens with one attached hydrogen (secondary N) is 1. The van der Waals surface area contributed by atoms with Crippen molar-refractivity contribution in [2.75, 3.05) is 26.3 Å². The van der Waals surface area contributed by atoms with E-state index in [9.17, 15) is 4.79 Å². The second kappa shape index (κ2) is 6.65. The van der Waals surface area contributed by atoms with Crippen LogP contribution in [0.3, 0.4) is 0 Å². The number of piperidine rings is 1. The zero-order valence-corrected chi connectivity index (χ0v) is 15.1. The fraction of sp³-hybridized carbons (Fsp3) is 0.318. The minimum absolute atomic E-state index is 0.0735. The van der Waals surface area contributed by atoms with Gasteiger partial charge in [-0.05, 0) is 48.6 Å². The summed E-state index contributed by atoms with van der Waals surface area (Å²) >= 11 is 0. The third kappa shape index (κ3) is 2.93. The summed E-state index contributed by atoms with van der Waals surface area (Å²) in [4.78, 5) is 18.2. The molecule has 3 heterocycles. The van der Waals surface area contributed by atoms with Gasteiger partial charge in [-0.2, -0.15) is 0 Å². The van der Waals surface area contributed by atoms with E-state index in [1.807, 2.05) is 23.1 Å². The number of aromatic amines is 1. The van der Waals surface area contributed by atoms with Crippen molar-refractivity contribution in [3.05, 3.63) is 59.8 Å². The molecule has 5 nitrogen and oxygen atoms in total. The fourth-order valence-corrected chi connectivity index (χ4v) is 4.18. The lowest BCUT2D eigenvalue weighted by Gasteiger charge is -2.32. The smallest absolute Gasteiger partial charge is 0.253 e. The van der Waals surface area contributed by atoms with Crippen LogP contribution >= 0.6 is 0 Å². The monoisotopic (exact) mass is 362 g/mol. The van der Waals surface area contributed by atoms with Gasteiger partial charge in [-0.3, -0.25) is 4.79 Å². The number of para-hydroxylation sites is 1. The number of H-pyrrole nitrogens is 1. The van der Waals surface area contributed by atoms with Gasteiger partial charge in [0, 0.05) is 35.8 Å². The van der Waals surface area contributed by atoms with Crippen LogP contribution < -0.4 is 9.47 Å². The number of benzene rings is 2. The molecule has 0 spiro atoms. The number of hydrogen-bond donors (Lipinski definition) is 1. The minimum atomic E-state index is 0.0735. The van der Waals surface area contributed by atoms with E-state index in [4.69, 9.17) is 9.47 Å². The first kappa shape index (κ1) is 16.2. The van der Waals surface area contributed by atoms with Crippen LogP contribution in [-0.2, 0) is 0 Å². The first-order valence-corrected chi connectivity index (χ1v) is 9.54. The van der Waals surface area contributed by atoms with E-state index < -0.39 is 0 Å². The van der Waals surface area contributed by atoms with Crippen molar-refractivity contribution >= 4 is 16.8 Å². The number of fused-ring (bicyclic) bond motifs is 2. The molecule has 138 valence electrons. The quantitative estimate of drug-likeness (QED) is 0.751. The third-order valence-electron chi connectivity index (χ3n) is 5.63. The molecular weight excluding hydrogens is 340 g/mol. The third-order valence-corrected chi connectivity index (χ3v) is 5.63. The highest BCUT2D eigenvalue weighted by atomic mass is 16.6. The van der Waals surface area contributed by atoms with Crippen LogP contribution in [0.5, 0.6) is 11.5 Å². The van der Waals surface area contributed by atoms with Crippen LogP contribution in [0.15, 0.2) is 48.7 Å². The van der Waals surface area contributed by atoms with E-state index >= 15 is 0 Å². The van der Waals surface area contributed by atoms with Crippen molar-refractivity contribution in [1.29, 1.82) is 0 Å². The van der Waals surface area contributed by atoms with Gasteiger partial charge in [-0.15, -0.1) is 0 Å². The summed E-state index contributed by atoms with van der Waals surface area (Å²) in [6.45, 7) is 2.64. The van der Waals surface area contributed by atoms with Crippen LogP contribution in [-0.4, -0.2) is 42.1 Å². The number of amides is 1. The summed E-state index contributed by atoms with van der Waals surface area (Å²) in [5.74, 6) is 1.95. The SMILES string of the molecule is O=C(c1ccc2c(c1)OCCO2)N1CCC(c2c[nH]c3ccccc23)CC1. The molecule has 0 bridgehead atoms. The van der Waals surface area contributed by atoms with Crippen LogP contribution in [0.1, 0.15) is 34.7 Å². The van der Waals surface area contributed by atoms with Gasteiger partial charge in [0.1, 0.15) is 13.2 Å². The molecule has 5 rings (SSSR count). The van der Waals surface area contributed by atoms with Crippen molar-refractivity contribution in [2.45, 2.75) is 18.8 Å². The van der Waals surface area contributed by atoms with Gasteiger partial charge < -0.3 is 19.4 Å². The highest BCUT2D eigenvalue weighted by molar-refractivity contribution is 5.95. The fourth-order valence-electron chi connectivity index (χ4n) is 4.18. The van der Waals surface area contributed by atoms with Gasteiger partial charge >= 0.3 is 0 Å². The Kier molecular flexibility index (Phi) is 4.00. The number of carbonyl (C=O) groups is 1. The lowest BCUT2D eigenvalue weighted by Crippen LogP contribution is -2.38. The van der Waals surface area contributed by atoms with Gasteiger partial charge in [-0.1, -0.05) is 18.2 Å². The van der Waals surface area contributed by atoms with Crippen molar-refractivity contribution in [1.82, 2.24) is 9.88 Å². The Morgan fingerprint density at radius 2 is 1.78 bits per heavy atom. The molecule has 1 fully saturated rings. The van der Waals surface area contributed by atoms with Crippen LogP contribution in [0.4, 0.5) is 0 Å². The average Bonchev–Trinajstić information content (AvgIpc) is 3.17. The van der Waals surface area contributed by atoms with Gasteiger partial charge in [0.15, 0.2) is 11.5 Å². The Bertz CT molecular complexity index is 986. The lowest BCUT2D eigenvalue weighted by atomic mass is 9.89. The van der Waals surface area contributed by atoms with E-state index in [1.54, 1.807) is 0 Å². The summed E-state index contributed by atoms with van der Waals surface area (Å²) in [6.07, 6.45) is 4.10. The highest BCUT2D eigenvalue weighted by Crippen LogP contribution is 2.35. The van der Waals surface area contributed by atoms with Crippen molar-refractivity contribution < 1.29 is 14.3 Å². The van der Waals surface area contributed by atoms with Crippen LogP contribution in [0, 0.1) is 0 Å². The Morgan fingerprint density at radius 3 is 2.63 bits per heavy atom. The van der Waals surface area contributed by atoms with Crippen LogP contribution in [0.2, 0.25) is 0 Å². The summed E-state index contributed by atoms with van der Waals surface area (Å²) < 4.78 is 11.2. The number of rotatable bonds is 2. The molecule has 2 aliphatic rings. The highest BCUT2D eigenvalue weighted by Gasteiger charge is 2.26. The maximum absolute atomic E-state index is 12.9. The minimum Gasteiger partial charge on any atom is -0.486 e. The van der Waals surface area contributed by atoms with E-state index in [2.05, 4.69) is 35.4 Å². The number of nitrogens with zero attached hydrogens (tertiary/aromatic N) is 1. The molecule has 0 unspecified atom stereocenters. The molecule has 3 aromatic rings. The maximum atomic E-state index is 12.9. The number of aromatic nitrogens is 1. The molecule has 2 aliphatic heterocycles. The largest absolute Gasteiger partial charge is 0.486 e. The summed E-state index contributed by atoms with van der Waals surface area (Å²) in [5, 5.41) is 1.30. The molecule has 1 N–H and O–H groups in total. The zero-order chi connectivity index (χ0) is 18.2. The lowest BCUT2D eigenvalue weighted by molar-refractivity contribution is 0.0712. The molecule has 0 radical (unpaired) electrons. The zero-order valence-electron chi connectivity index (χ0n) is 15.1. The molecule has 0 atom stereocenters. The molecule has 5 heteroatoms.